The van der Waals surface area contributed by atoms with Gasteiger partial charge < -0.3 is 11.1 Å². The summed E-state index contributed by atoms with van der Waals surface area (Å²) in [6.07, 6.45) is 1.48. The maximum atomic E-state index is 14.2. The van der Waals surface area contributed by atoms with E-state index in [1.54, 1.807) is 18.2 Å². The number of carbonyl (C=O) groups excluding carboxylic acids is 1. The van der Waals surface area contributed by atoms with E-state index in [1.807, 2.05) is 0 Å². The average molecular weight is 296 g/mol. The van der Waals surface area contributed by atoms with Crippen LogP contribution in [0.25, 0.3) is 11.0 Å². The first-order valence-corrected chi connectivity index (χ1v) is 6.42. The molecular formula is C14H9FN6O. The molecule has 0 atom stereocenters. The largest absolute Gasteiger partial charge is 0.382 e. The summed E-state index contributed by atoms with van der Waals surface area (Å²) >= 11 is 0. The smallest absolute Gasteiger partial charge is 0.279 e. The van der Waals surface area contributed by atoms with Crippen LogP contribution in [0.4, 0.5) is 21.7 Å². The number of nitrogens with one attached hydrogen (secondary N) is 2. The number of halogens is 1. The van der Waals surface area contributed by atoms with Crippen LogP contribution in [0.15, 0.2) is 29.3 Å². The highest BCUT2D eigenvalue weighted by molar-refractivity contribution is 6.16. The van der Waals surface area contributed by atoms with Crippen LogP contribution >= 0.6 is 0 Å². The second kappa shape index (κ2) is 4.35. The molecule has 7 nitrogen and oxygen atoms in total. The lowest BCUT2D eigenvalue weighted by Crippen LogP contribution is -2.03. The first kappa shape index (κ1) is 12.5. The number of nitrogens with zero attached hydrogens (tertiary/aromatic N) is 3. The molecule has 1 amide bonds. The molecule has 22 heavy (non-hydrogen) atoms. The third-order valence-electron chi connectivity index (χ3n) is 3.42. The molecule has 0 saturated heterocycles. The van der Waals surface area contributed by atoms with Crippen molar-refractivity contribution in [3.8, 4) is 0 Å². The van der Waals surface area contributed by atoms with E-state index in [1.165, 1.54) is 12.3 Å². The highest BCUT2D eigenvalue weighted by atomic mass is 19.1. The van der Waals surface area contributed by atoms with Gasteiger partial charge in [-0.2, -0.15) is 5.10 Å². The van der Waals surface area contributed by atoms with Crippen molar-refractivity contribution in [2.45, 2.75) is 0 Å². The van der Waals surface area contributed by atoms with Crippen LogP contribution in [0.5, 0.6) is 0 Å². The minimum atomic E-state index is -0.593. The van der Waals surface area contributed by atoms with E-state index in [9.17, 15) is 9.18 Å². The fourth-order valence-corrected chi connectivity index (χ4v) is 2.37. The lowest BCUT2D eigenvalue weighted by Gasteiger charge is -2.10. The summed E-state index contributed by atoms with van der Waals surface area (Å²) in [6.45, 7) is 0. The van der Waals surface area contributed by atoms with Gasteiger partial charge in [0, 0.05) is 11.8 Å². The number of H-pyrrole nitrogens is 1. The van der Waals surface area contributed by atoms with Crippen LogP contribution in [0.3, 0.4) is 0 Å². The second-order valence-corrected chi connectivity index (χ2v) is 4.78. The van der Waals surface area contributed by atoms with E-state index < -0.39 is 5.82 Å². The first-order valence-electron chi connectivity index (χ1n) is 6.42. The molecule has 1 aromatic carbocycles. The third kappa shape index (κ3) is 1.74. The summed E-state index contributed by atoms with van der Waals surface area (Å²) in [5.74, 6) is -0.809. The monoisotopic (exact) mass is 296 g/mol. The lowest BCUT2D eigenvalue weighted by atomic mass is 10.1. The van der Waals surface area contributed by atoms with Gasteiger partial charge >= 0.3 is 0 Å². The van der Waals surface area contributed by atoms with Crippen LogP contribution in [-0.2, 0) is 0 Å². The van der Waals surface area contributed by atoms with Gasteiger partial charge in [-0.25, -0.2) is 14.4 Å². The van der Waals surface area contributed by atoms with Crippen molar-refractivity contribution < 1.29 is 9.18 Å². The molecule has 1 aliphatic rings. The molecule has 0 aliphatic carbocycles. The summed E-state index contributed by atoms with van der Waals surface area (Å²) < 4.78 is 14.2. The minimum absolute atomic E-state index is 0.0238. The van der Waals surface area contributed by atoms with Gasteiger partial charge in [0.05, 0.1) is 16.6 Å². The van der Waals surface area contributed by atoms with Gasteiger partial charge in [0.15, 0.2) is 23.1 Å². The molecule has 4 rings (SSSR count). The topological polar surface area (TPSA) is 109 Å². The number of anilines is 3. The number of nitrogen functional groups attached to an aromatic ring is 1. The van der Waals surface area contributed by atoms with Crippen LogP contribution in [0.1, 0.15) is 15.9 Å². The number of hydrogen-bond donors (Lipinski definition) is 3. The zero-order chi connectivity index (χ0) is 15.3. The van der Waals surface area contributed by atoms with Gasteiger partial charge in [-0.1, -0.05) is 12.1 Å². The Balaban J connectivity index is 1.81. The fraction of sp³-hybridized carbons (Fsp3) is 0. The number of benzene rings is 1. The average Bonchev–Trinajstić information content (AvgIpc) is 3.05. The summed E-state index contributed by atoms with van der Waals surface area (Å²) in [7, 11) is 0. The van der Waals surface area contributed by atoms with Crippen molar-refractivity contribution in [2.24, 2.45) is 4.99 Å². The first-order chi connectivity index (χ1) is 10.6. The molecule has 0 bridgehead atoms. The predicted octanol–water partition coefficient (Wildman–Crippen LogP) is 2.00. The van der Waals surface area contributed by atoms with Crippen LogP contribution in [-0.4, -0.2) is 27.3 Å². The Morgan fingerprint density at radius 1 is 1.32 bits per heavy atom. The molecular weight excluding hydrogens is 287 g/mol. The van der Waals surface area contributed by atoms with E-state index in [4.69, 9.17) is 5.73 Å². The van der Waals surface area contributed by atoms with Crippen molar-refractivity contribution in [3.05, 3.63) is 41.2 Å². The summed E-state index contributed by atoms with van der Waals surface area (Å²) in [4.78, 5) is 19.6. The minimum Gasteiger partial charge on any atom is -0.382 e. The Kier molecular flexibility index (Phi) is 2.46. The SMILES string of the molecule is Nc1n[nH]c2nc(Nc3cccc4c3C(=O)N=C4)c(F)cc12. The molecule has 3 heterocycles. The fourth-order valence-electron chi connectivity index (χ4n) is 2.37. The van der Waals surface area contributed by atoms with Crippen molar-refractivity contribution in [2.75, 3.05) is 11.1 Å². The molecule has 0 saturated carbocycles. The molecule has 0 radical (unpaired) electrons. The van der Waals surface area contributed by atoms with Crippen LogP contribution < -0.4 is 11.1 Å². The number of carbonyl (C=O) groups is 1. The Morgan fingerprint density at radius 3 is 3.05 bits per heavy atom. The maximum absolute atomic E-state index is 14.2. The van der Waals surface area contributed by atoms with E-state index in [0.717, 1.165) is 0 Å². The number of nitrogens with two attached hydrogens (primary N) is 1. The molecule has 0 fully saturated rings. The van der Waals surface area contributed by atoms with Crippen LogP contribution in [0.2, 0.25) is 0 Å². The van der Waals surface area contributed by atoms with Gasteiger partial charge in [-0.15, -0.1) is 0 Å². The second-order valence-electron chi connectivity index (χ2n) is 4.78. The normalized spacial score (nSPS) is 12.9. The summed E-state index contributed by atoms with van der Waals surface area (Å²) in [5, 5.41) is 9.63. The predicted molar refractivity (Wildman–Crippen MR) is 79.9 cm³/mol. The van der Waals surface area contributed by atoms with Crippen molar-refractivity contribution >= 4 is 40.5 Å². The van der Waals surface area contributed by atoms with Gasteiger partial charge in [-0.3, -0.25) is 9.89 Å². The highest BCUT2D eigenvalue weighted by Gasteiger charge is 2.21. The Labute approximate surface area is 123 Å². The number of fused-ring (bicyclic) bond motifs is 2. The third-order valence-corrected chi connectivity index (χ3v) is 3.42. The molecule has 2 aromatic heterocycles. The van der Waals surface area contributed by atoms with Crippen molar-refractivity contribution in [1.29, 1.82) is 0 Å². The van der Waals surface area contributed by atoms with Crippen molar-refractivity contribution in [1.82, 2.24) is 15.2 Å². The van der Waals surface area contributed by atoms with E-state index in [-0.39, 0.29) is 17.5 Å². The van der Waals surface area contributed by atoms with E-state index in [0.29, 0.717) is 27.8 Å². The molecule has 1 aliphatic heterocycles. The molecule has 4 N–H and O–H groups in total. The van der Waals surface area contributed by atoms with Gasteiger partial charge in [0.1, 0.15) is 0 Å². The molecule has 0 spiro atoms. The Morgan fingerprint density at radius 2 is 2.18 bits per heavy atom. The van der Waals surface area contributed by atoms with E-state index in [2.05, 4.69) is 25.5 Å². The zero-order valence-corrected chi connectivity index (χ0v) is 11.1. The number of pyridine rings is 1. The lowest BCUT2D eigenvalue weighted by molar-refractivity contribution is 0.101. The molecule has 8 heteroatoms. The summed E-state index contributed by atoms with van der Waals surface area (Å²) in [5.41, 5.74) is 7.49. The van der Waals surface area contributed by atoms with E-state index >= 15 is 0 Å². The quantitative estimate of drug-likeness (QED) is 0.670. The van der Waals surface area contributed by atoms with Gasteiger partial charge in [0.2, 0.25) is 0 Å². The highest BCUT2D eigenvalue weighted by Crippen LogP contribution is 2.29. The van der Waals surface area contributed by atoms with Gasteiger partial charge in [0.25, 0.3) is 5.91 Å². The molecule has 0 unspecified atom stereocenters. The number of hydrogen-bond acceptors (Lipinski definition) is 5. The number of aliphatic imine (C=N–C) groups is 1. The maximum Gasteiger partial charge on any atom is 0.279 e. The standard InChI is InChI=1S/C14H9FN6O/c15-8-4-7-11(16)20-21-12(7)19-13(8)18-9-3-1-2-6-5-17-14(22)10(6)9/h1-5H,(H4,16,18,19,20,21). The van der Waals surface area contributed by atoms with Gasteiger partial charge in [-0.05, 0) is 12.1 Å². The molecule has 108 valence electrons. The Hall–Kier alpha value is -3.29. The van der Waals surface area contributed by atoms with Crippen LogP contribution in [0, 0.1) is 5.82 Å². The zero-order valence-electron chi connectivity index (χ0n) is 11.1. The number of aromatic nitrogens is 3. The summed E-state index contributed by atoms with van der Waals surface area (Å²) in [6, 6.07) is 6.41. The number of amides is 1. The number of rotatable bonds is 2. The molecule has 3 aromatic rings. The number of aromatic amines is 1. The van der Waals surface area contributed by atoms with Crippen molar-refractivity contribution in [3.63, 3.8) is 0 Å². The Bertz CT molecular complexity index is 961.